The molecule has 3 aliphatic rings. The molecule has 7 rings (SSSR count). The van der Waals surface area contributed by atoms with E-state index in [1.54, 1.807) is 45.9 Å². The number of phenols is 1. The molecular formula is C47H55N3O14. The molecule has 4 aromatic rings. The molecule has 0 spiro atoms. The molecule has 0 radical (unpaired) electrons. The van der Waals surface area contributed by atoms with Crippen molar-refractivity contribution in [2.45, 2.75) is 97.6 Å². The van der Waals surface area contributed by atoms with Crippen molar-refractivity contribution in [1.29, 1.82) is 0 Å². The maximum atomic E-state index is 14.0. The van der Waals surface area contributed by atoms with Gasteiger partial charge in [0.15, 0.2) is 33.6 Å². The number of aromatic hydroxyl groups is 1. The van der Waals surface area contributed by atoms with Crippen LogP contribution >= 0.6 is 0 Å². The number of hydrogen-bond donors (Lipinski definition) is 6. The maximum absolute atomic E-state index is 14.0. The molecule has 1 fully saturated rings. The third-order valence-corrected chi connectivity index (χ3v) is 12.9. The van der Waals surface area contributed by atoms with Gasteiger partial charge in [-0.25, -0.2) is 4.98 Å². The number of nitrogens with zero attached hydrogens (tertiary/aromatic N) is 2. The van der Waals surface area contributed by atoms with Crippen LogP contribution in [0.1, 0.15) is 61.3 Å². The molecule has 64 heavy (non-hydrogen) atoms. The second-order valence-corrected chi connectivity index (χ2v) is 17.3. The monoisotopic (exact) mass is 885 g/mol. The number of carbonyl (C=O) groups is 2. The van der Waals surface area contributed by atoms with Crippen molar-refractivity contribution in [3.05, 3.63) is 80.0 Å². The summed E-state index contributed by atoms with van der Waals surface area (Å²) in [5.74, 6) is -7.27. The number of allylic oxidation sites excluding steroid dienone is 2. The van der Waals surface area contributed by atoms with Crippen LogP contribution < -0.4 is 31.0 Å². The Bertz CT molecular complexity index is 2770. The highest BCUT2D eigenvalue weighted by atomic mass is 16.7. The second kappa shape index (κ2) is 17.9. The number of aromatic nitrogens is 1. The lowest BCUT2D eigenvalue weighted by molar-refractivity contribution is -0.160. The number of nitrogens with one attached hydrogen (secondary N) is 1. The molecule has 1 aromatic heterocycles. The van der Waals surface area contributed by atoms with E-state index in [-0.39, 0.29) is 55.2 Å². The van der Waals surface area contributed by atoms with Gasteiger partial charge in [-0.05, 0) is 25.8 Å². The summed E-state index contributed by atoms with van der Waals surface area (Å²) in [6.07, 6.45) is 3.97. The number of aliphatic hydroxyl groups excluding tert-OH is 4. The molecule has 1 saturated heterocycles. The van der Waals surface area contributed by atoms with E-state index in [2.05, 4.69) is 5.32 Å². The van der Waals surface area contributed by atoms with Gasteiger partial charge in [0.2, 0.25) is 5.43 Å². The average Bonchev–Trinajstić information content (AvgIpc) is 3.50. The van der Waals surface area contributed by atoms with Gasteiger partial charge >= 0.3 is 11.8 Å². The van der Waals surface area contributed by atoms with Crippen LogP contribution in [0.25, 0.3) is 38.7 Å². The Kier molecular flexibility index (Phi) is 12.8. The van der Waals surface area contributed by atoms with E-state index >= 15 is 0 Å². The smallest absolute Gasteiger partial charge is 0.307 e. The lowest BCUT2D eigenvalue weighted by Gasteiger charge is -2.38. The molecule has 9 atom stereocenters. The van der Waals surface area contributed by atoms with E-state index < -0.39 is 94.2 Å². The number of anilines is 2. The van der Waals surface area contributed by atoms with Crippen LogP contribution in [-0.4, -0.2) is 98.9 Å². The number of phenolic OH excluding ortho intramolecular Hbond substituents is 1. The number of aliphatic hydroxyl groups is 4. The SMILES string of the molecule is CO[C@H]1/C=C/O[C@@]2(C)Oc3cc(=O)c4c(O)c(c5oc6cc(N7CCC(O)CC7)cc(=O)c6nc5c4c3=C2O)NC(=O)/C(C)=C\C=C\[C@H](C)[C@H](O)[C@@H](C)[C@@H](O)[C@@H](C)[C@H](OC(C)=O)[C@@H]1C. The van der Waals surface area contributed by atoms with Gasteiger partial charge in [0, 0.05) is 92.6 Å². The highest BCUT2D eigenvalue weighted by Crippen LogP contribution is 2.42. The number of piperidine rings is 1. The topological polar surface area (TPSA) is 248 Å². The first-order valence-electron chi connectivity index (χ1n) is 21.3. The molecule has 6 N–H and O–H groups in total. The van der Waals surface area contributed by atoms with E-state index in [0.717, 1.165) is 6.07 Å². The normalized spacial score (nSPS) is 30.5. The predicted molar refractivity (Wildman–Crippen MR) is 238 cm³/mol. The zero-order chi connectivity index (χ0) is 46.5. The van der Waals surface area contributed by atoms with Crippen molar-refractivity contribution < 1.29 is 58.5 Å². The summed E-state index contributed by atoms with van der Waals surface area (Å²) in [5.41, 5.74) is -1.56. The Morgan fingerprint density at radius 1 is 0.922 bits per heavy atom. The predicted octanol–water partition coefficient (Wildman–Crippen LogP) is 4.21. The summed E-state index contributed by atoms with van der Waals surface area (Å²) in [5, 5.41) is 59.1. The third-order valence-electron chi connectivity index (χ3n) is 12.9. The van der Waals surface area contributed by atoms with Crippen LogP contribution in [0.15, 0.2) is 68.3 Å². The number of hydrogen-bond acceptors (Lipinski definition) is 16. The number of fused-ring (bicyclic) bond motifs is 2. The third kappa shape index (κ3) is 8.40. The standard InChI is InChI=1S/C47H55N3O14/c1-21-10-9-11-22(2)46(59)49-39-42(57)34-29(53)20-32-35(36(34)38-44(39)63-33-19-27(18-30(54)37(33)48-38)50-15-12-28(52)13-16-50)45(58)47(7,64-32)61-17-14-31(60-8)23(3)43(62-26(6)51)25(5)41(56)24(4)40(21)55/h9-11,14,17-21,23-25,28,31,40-41,43,52,55-58H,12-13,15-16H2,1-8H3,(H,49,59)/b10-9+,17-14+,22-11-/t21-,23+,24+,25+,31-,40-,41+,43+,47-/m0/s1. The van der Waals surface area contributed by atoms with E-state index in [4.69, 9.17) is 28.3 Å². The molecular weight excluding hydrogens is 831 g/mol. The highest BCUT2D eigenvalue weighted by molar-refractivity contribution is 6.18. The van der Waals surface area contributed by atoms with Gasteiger partial charge in [-0.3, -0.25) is 19.2 Å². The largest absolute Gasteiger partial charge is 0.505 e. The van der Waals surface area contributed by atoms with Gasteiger partial charge in [0.1, 0.15) is 23.1 Å². The number of rotatable bonds is 3. The number of benzene rings is 3. The summed E-state index contributed by atoms with van der Waals surface area (Å²) in [6.45, 7) is 12.0. The lowest BCUT2D eigenvalue weighted by atomic mass is 9.78. The van der Waals surface area contributed by atoms with E-state index in [9.17, 15) is 44.7 Å². The van der Waals surface area contributed by atoms with Gasteiger partial charge in [-0.15, -0.1) is 0 Å². The minimum atomic E-state index is -1.99. The van der Waals surface area contributed by atoms with Crippen molar-refractivity contribution in [1.82, 2.24) is 4.98 Å². The quantitative estimate of drug-likeness (QED) is 0.0730. The minimum Gasteiger partial charge on any atom is -0.505 e. The van der Waals surface area contributed by atoms with Crippen LogP contribution in [0.5, 0.6) is 11.5 Å². The first kappa shape index (κ1) is 46.0. The number of amides is 1. The van der Waals surface area contributed by atoms with E-state index in [1.807, 2.05) is 4.90 Å². The lowest BCUT2D eigenvalue weighted by Crippen LogP contribution is -2.46. The minimum absolute atomic E-state index is 0.00411. The van der Waals surface area contributed by atoms with Crippen molar-refractivity contribution >= 4 is 62.0 Å². The Balaban J connectivity index is 1.46. The first-order chi connectivity index (χ1) is 30.3. The second-order valence-electron chi connectivity index (χ2n) is 17.3. The van der Waals surface area contributed by atoms with Gasteiger partial charge in [-0.1, -0.05) is 45.9 Å². The summed E-state index contributed by atoms with van der Waals surface area (Å²) in [6, 6.07) is 4.04. The van der Waals surface area contributed by atoms with Crippen molar-refractivity contribution in [2.75, 3.05) is 30.4 Å². The Morgan fingerprint density at radius 3 is 2.30 bits per heavy atom. The summed E-state index contributed by atoms with van der Waals surface area (Å²) >= 11 is 0. The van der Waals surface area contributed by atoms with Crippen LogP contribution in [0, 0.1) is 23.7 Å². The number of methoxy groups -OCH3 is 1. The fourth-order valence-electron chi connectivity index (χ4n) is 8.98. The Morgan fingerprint density at radius 2 is 1.62 bits per heavy atom. The zero-order valence-corrected chi connectivity index (χ0v) is 36.9. The molecule has 1 amide bonds. The fraction of sp³-hybridized carbons (Fsp3) is 0.468. The van der Waals surface area contributed by atoms with Crippen LogP contribution in [-0.2, 0) is 23.8 Å². The van der Waals surface area contributed by atoms with Gasteiger partial charge in [0.05, 0.1) is 41.3 Å². The molecule has 0 unspecified atom stereocenters. The molecule has 342 valence electrons. The van der Waals surface area contributed by atoms with Crippen molar-refractivity contribution in [2.24, 2.45) is 23.7 Å². The molecule has 3 aliphatic heterocycles. The average molecular weight is 886 g/mol. The van der Waals surface area contributed by atoms with Crippen molar-refractivity contribution in [3.8, 4) is 11.5 Å². The van der Waals surface area contributed by atoms with Gasteiger partial charge in [0.25, 0.3) is 5.91 Å². The zero-order valence-electron chi connectivity index (χ0n) is 36.9. The Hall–Kier alpha value is -6.01. The number of esters is 1. The highest BCUT2D eigenvalue weighted by Gasteiger charge is 2.43. The first-order valence-corrected chi connectivity index (χ1v) is 21.3. The fourth-order valence-corrected chi connectivity index (χ4v) is 8.98. The van der Waals surface area contributed by atoms with Crippen LogP contribution in [0.2, 0.25) is 0 Å². The summed E-state index contributed by atoms with van der Waals surface area (Å²) in [7, 11) is 1.43. The molecule has 0 saturated carbocycles. The molecule has 4 bridgehead atoms. The summed E-state index contributed by atoms with van der Waals surface area (Å²) in [4.78, 5) is 60.8. The Labute approximate surface area is 367 Å². The number of ether oxygens (including phenoxy) is 4. The van der Waals surface area contributed by atoms with E-state index in [1.165, 1.54) is 52.4 Å². The van der Waals surface area contributed by atoms with E-state index in [0.29, 0.717) is 31.6 Å². The van der Waals surface area contributed by atoms with Crippen LogP contribution in [0.4, 0.5) is 11.4 Å². The summed E-state index contributed by atoms with van der Waals surface area (Å²) < 4.78 is 30.1. The molecule has 17 nitrogen and oxygen atoms in total. The molecule has 4 heterocycles. The maximum Gasteiger partial charge on any atom is 0.307 e. The van der Waals surface area contributed by atoms with Gasteiger partial charge < -0.3 is 59.1 Å². The molecule has 3 aromatic carbocycles. The molecule has 17 heteroatoms. The molecule has 0 aliphatic carbocycles. The van der Waals surface area contributed by atoms with Gasteiger partial charge in [-0.2, -0.15) is 0 Å². The number of carbonyl (C=O) groups excluding carboxylic acids is 2. The van der Waals surface area contributed by atoms with Crippen LogP contribution in [0.3, 0.4) is 0 Å². The van der Waals surface area contributed by atoms with Crippen molar-refractivity contribution in [3.63, 3.8) is 0 Å².